The van der Waals surface area contributed by atoms with E-state index in [0.29, 0.717) is 31.1 Å². The van der Waals surface area contributed by atoms with Gasteiger partial charge in [0.05, 0.1) is 12.2 Å². The minimum Gasteiger partial charge on any atom is -0.342 e. The van der Waals surface area contributed by atoms with E-state index >= 15 is 0 Å². The Balaban J connectivity index is 1.51. The molecule has 3 heterocycles. The normalized spacial score (nSPS) is 25.2. The first-order valence-electron chi connectivity index (χ1n) is 11.2. The summed E-state index contributed by atoms with van der Waals surface area (Å²) in [5, 5.41) is 3.10. The number of hydrogen-bond acceptors (Lipinski definition) is 4. The summed E-state index contributed by atoms with van der Waals surface area (Å²) in [7, 11) is 0. The van der Waals surface area contributed by atoms with Gasteiger partial charge in [-0.3, -0.25) is 19.5 Å². The summed E-state index contributed by atoms with van der Waals surface area (Å²) >= 11 is 0. The first kappa shape index (κ1) is 20.8. The van der Waals surface area contributed by atoms with Crippen LogP contribution in [-0.4, -0.2) is 51.3 Å². The van der Waals surface area contributed by atoms with Crippen LogP contribution in [0.15, 0.2) is 24.4 Å². The first-order chi connectivity index (χ1) is 14.4. The molecule has 4 amide bonds. The Labute approximate surface area is 178 Å². The third-order valence-electron chi connectivity index (χ3n) is 6.79. The predicted octanol–water partition coefficient (Wildman–Crippen LogP) is 2.96. The van der Waals surface area contributed by atoms with Crippen molar-refractivity contribution in [1.82, 2.24) is 20.1 Å². The smallest absolute Gasteiger partial charge is 0.325 e. The number of rotatable bonds is 7. The van der Waals surface area contributed by atoms with Crippen molar-refractivity contribution in [3.8, 4) is 0 Å². The topological polar surface area (TPSA) is 82.6 Å². The molecule has 1 aliphatic carbocycles. The summed E-state index contributed by atoms with van der Waals surface area (Å²) in [6.07, 6.45) is 6.69. The molecule has 0 aromatic carbocycles. The van der Waals surface area contributed by atoms with E-state index in [0.717, 1.165) is 32.1 Å². The molecule has 162 valence electrons. The van der Waals surface area contributed by atoms with E-state index in [-0.39, 0.29) is 36.2 Å². The molecule has 2 saturated heterocycles. The monoisotopic (exact) mass is 412 g/mol. The number of carbonyl (C=O) groups is 3. The molecule has 3 aliphatic rings. The van der Waals surface area contributed by atoms with Gasteiger partial charge in [-0.1, -0.05) is 19.9 Å². The van der Waals surface area contributed by atoms with Crippen molar-refractivity contribution in [1.29, 1.82) is 0 Å². The maximum absolute atomic E-state index is 13.6. The van der Waals surface area contributed by atoms with Crippen LogP contribution in [0.1, 0.15) is 58.1 Å². The Bertz CT molecular complexity index is 800. The van der Waals surface area contributed by atoms with Crippen LogP contribution >= 0.6 is 0 Å². The van der Waals surface area contributed by atoms with Crippen molar-refractivity contribution >= 4 is 17.8 Å². The Hall–Kier alpha value is -2.44. The van der Waals surface area contributed by atoms with Crippen LogP contribution in [0.2, 0.25) is 0 Å². The summed E-state index contributed by atoms with van der Waals surface area (Å²) in [6.45, 7) is 5.81. The Morgan fingerprint density at radius 3 is 2.53 bits per heavy atom. The van der Waals surface area contributed by atoms with Crippen molar-refractivity contribution in [2.75, 3.05) is 13.1 Å². The first-order valence-corrected chi connectivity index (χ1v) is 11.2. The van der Waals surface area contributed by atoms with E-state index in [1.165, 1.54) is 4.90 Å². The Morgan fingerprint density at radius 2 is 1.93 bits per heavy atom. The maximum atomic E-state index is 13.6. The second-order valence-corrected chi connectivity index (χ2v) is 9.42. The van der Waals surface area contributed by atoms with Gasteiger partial charge in [0.2, 0.25) is 5.91 Å². The molecule has 1 atom stereocenters. The second kappa shape index (κ2) is 8.36. The molecule has 4 rings (SSSR count). The quantitative estimate of drug-likeness (QED) is 0.698. The number of nitrogens with zero attached hydrogens (tertiary/aromatic N) is 3. The molecule has 1 N–H and O–H groups in total. The van der Waals surface area contributed by atoms with Gasteiger partial charge in [0.25, 0.3) is 5.91 Å². The third-order valence-corrected chi connectivity index (χ3v) is 6.79. The van der Waals surface area contributed by atoms with E-state index in [2.05, 4.69) is 24.1 Å². The van der Waals surface area contributed by atoms with E-state index in [4.69, 9.17) is 0 Å². The molecule has 30 heavy (non-hydrogen) atoms. The molecule has 7 nitrogen and oxygen atoms in total. The molecule has 0 bridgehead atoms. The number of nitrogens with one attached hydrogen (secondary N) is 1. The summed E-state index contributed by atoms with van der Waals surface area (Å²) < 4.78 is 0. The summed E-state index contributed by atoms with van der Waals surface area (Å²) in [6, 6.07) is 5.18. The lowest BCUT2D eigenvalue weighted by Crippen LogP contribution is -2.56. The van der Waals surface area contributed by atoms with Gasteiger partial charge in [0.15, 0.2) is 0 Å². The van der Waals surface area contributed by atoms with Gasteiger partial charge in [0.1, 0.15) is 5.54 Å². The van der Waals surface area contributed by atoms with Crippen molar-refractivity contribution in [3.05, 3.63) is 30.1 Å². The van der Waals surface area contributed by atoms with Crippen LogP contribution in [0.5, 0.6) is 0 Å². The molecule has 7 heteroatoms. The third kappa shape index (κ3) is 4.07. The second-order valence-electron chi connectivity index (χ2n) is 9.42. The lowest BCUT2D eigenvalue weighted by Gasteiger charge is -2.41. The zero-order valence-corrected chi connectivity index (χ0v) is 18.0. The van der Waals surface area contributed by atoms with Gasteiger partial charge < -0.3 is 10.2 Å². The number of piperidine rings is 1. The van der Waals surface area contributed by atoms with Crippen molar-refractivity contribution < 1.29 is 14.4 Å². The average Bonchev–Trinajstić information content (AvgIpc) is 3.57. The van der Waals surface area contributed by atoms with E-state index in [9.17, 15) is 14.4 Å². The lowest BCUT2D eigenvalue weighted by atomic mass is 9.73. The fraction of sp³-hybridized carbons (Fsp3) is 0.652. The van der Waals surface area contributed by atoms with Crippen LogP contribution in [-0.2, 0) is 16.1 Å². The molecule has 1 unspecified atom stereocenters. The number of imide groups is 1. The highest BCUT2D eigenvalue weighted by molar-refractivity contribution is 6.07. The molecule has 3 fully saturated rings. The number of amides is 4. The molecule has 2 aliphatic heterocycles. The van der Waals surface area contributed by atoms with Crippen LogP contribution in [0.3, 0.4) is 0 Å². The largest absolute Gasteiger partial charge is 0.342 e. The Morgan fingerprint density at radius 1 is 1.20 bits per heavy atom. The maximum Gasteiger partial charge on any atom is 0.325 e. The molecular weight excluding hydrogens is 380 g/mol. The highest BCUT2D eigenvalue weighted by Crippen LogP contribution is 2.39. The fourth-order valence-electron chi connectivity index (χ4n) is 4.79. The van der Waals surface area contributed by atoms with Crippen LogP contribution < -0.4 is 5.32 Å². The SMILES string of the molecule is CC(C)CCC1(C2CCN(C(=O)C3CC3)CC2)NC(=O)N(Cc2ccccn2)C1=O. The van der Waals surface area contributed by atoms with Crippen molar-refractivity contribution in [3.63, 3.8) is 0 Å². The number of aromatic nitrogens is 1. The molecular formula is C23H32N4O3. The number of urea groups is 1. The standard InChI is InChI=1S/C23H32N4O3/c1-16(2)8-11-23(18-9-13-26(14-10-18)20(28)17-6-7-17)21(29)27(22(30)25-23)15-19-5-3-4-12-24-19/h3-5,12,16-18H,6-11,13-15H2,1-2H3,(H,25,30). The van der Waals surface area contributed by atoms with Gasteiger partial charge >= 0.3 is 6.03 Å². The van der Waals surface area contributed by atoms with Gasteiger partial charge in [-0.15, -0.1) is 0 Å². The van der Waals surface area contributed by atoms with E-state index in [1.807, 2.05) is 23.1 Å². The van der Waals surface area contributed by atoms with Crippen LogP contribution in [0.4, 0.5) is 4.79 Å². The van der Waals surface area contributed by atoms with E-state index in [1.54, 1.807) is 6.20 Å². The number of hydrogen-bond donors (Lipinski definition) is 1. The van der Waals surface area contributed by atoms with Gasteiger partial charge in [-0.25, -0.2) is 4.79 Å². The lowest BCUT2D eigenvalue weighted by molar-refractivity contribution is -0.137. The van der Waals surface area contributed by atoms with Crippen molar-refractivity contribution in [2.45, 2.75) is 64.5 Å². The number of carbonyl (C=O) groups excluding carboxylic acids is 3. The number of likely N-dealkylation sites (tertiary alicyclic amines) is 1. The summed E-state index contributed by atoms with van der Waals surface area (Å²) in [5.41, 5.74) is -0.171. The predicted molar refractivity (Wildman–Crippen MR) is 112 cm³/mol. The zero-order chi connectivity index (χ0) is 21.3. The minimum atomic E-state index is -0.870. The van der Waals surface area contributed by atoms with Gasteiger partial charge in [-0.2, -0.15) is 0 Å². The zero-order valence-electron chi connectivity index (χ0n) is 18.0. The van der Waals surface area contributed by atoms with Gasteiger partial charge in [0, 0.05) is 25.2 Å². The number of pyridine rings is 1. The van der Waals surface area contributed by atoms with Crippen LogP contribution in [0, 0.1) is 17.8 Å². The highest BCUT2D eigenvalue weighted by Gasteiger charge is 2.55. The summed E-state index contributed by atoms with van der Waals surface area (Å²) in [4.78, 5) is 46.5. The van der Waals surface area contributed by atoms with Crippen LogP contribution in [0.25, 0.3) is 0 Å². The average molecular weight is 413 g/mol. The fourth-order valence-corrected chi connectivity index (χ4v) is 4.79. The van der Waals surface area contributed by atoms with E-state index < -0.39 is 5.54 Å². The van der Waals surface area contributed by atoms with Gasteiger partial charge in [-0.05, 0) is 62.5 Å². The highest BCUT2D eigenvalue weighted by atomic mass is 16.2. The molecule has 1 aromatic heterocycles. The van der Waals surface area contributed by atoms with Crippen molar-refractivity contribution in [2.24, 2.45) is 17.8 Å². The molecule has 1 saturated carbocycles. The molecule has 0 radical (unpaired) electrons. The minimum absolute atomic E-state index is 0.0460. The Kier molecular flexibility index (Phi) is 5.80. The molecule has 0 spiro atoms. The molecule has 1 aromatic rings. The summed E-state index contributed by atoms with van der Waals surface area (Å²) in [5.74, 6) is 0.838.